The number of aliphatic carboxylic acids is 1. The zero-order chi connectivity index (χ0) is 29.4. The predicted octanol–water partition coefficient (Wildman–Crippen LogP) is 1.69. The lowest BCUT2D eigenvalue weighted by Crippen LogP contribution is -2.38. The number of nitrogens with one attached hydrogen (secondary N) is 3. The van der Waals surface area contributed by atoms with E-state index in [4.69, 9.17) is 14.2 Å². The van der Waals surface area contributed by atoms with Crippen molar-refractivity contribution in [3.8, 4) is 0 Å². The highest BCUT2D eigenvalue weighted by atomic mass is 16.5. The summed E-state index contributed by atoms with van der Waals surface area (Å²) in [5, 5.41) is 18.7. The number of carbonyl (C=O) groups excluding carboxylic acids is 1. The first-order valence-corrected chi connectivity index (χ1v) is 13.9. The highest BCUT2D eigenvalue weighted by molar-refractivity contribution is 5.94. The van der Waals surface area contributed by atoms with Crippen LogP contribution in [0, 0.1) is 0 Å². The first-order valence-electron chi connectivity index (χ1n) is 13.9. The molecule has 1 amide bonds. The third-order valence-corrected chi connectivity index (χ3v) is 6.27. The molecule has 0 saturated carbocycles. The molecule has 0 spiro atoms. The largest absolute Gasteiger partial charge is 0.480 e. The van der Waals surface area contributed by atoms with Crippen LogP contribution in [-0.2, 0) is 25.4 Å². The number of ether oxygens (including phenoxy) is 3. The van der Waals surface area contributed by atoms with Gasteiger partial charge in [-0.3, -0.25) is 4.79 Å². The topological polar surface area (TPSA) is 160 Å². The van der Waals surface area contributed by atoms with Gasteiger partial charge in [0.05, 0.1) is 39.6 Å². The maximum atomic E-state index is 12.0. The summed E-state index contributed by atoms with van der Waals surface area (Å²) < 4.78 is 16.6. The van der Waals surface area contributed by atoms with Gasteiger partial charge in [-0.15, -0.1) is 0 Å². The molecule has 13 nitrogen and oxygen atoms in total. The van der Waals surface area contributed by atoms with Crippen molar-refractivity contribution in [1.82, 2.24) is 20.3 Å². The second-order valence-electron chi connectivity index (χ2n) is 9.38. The fourth-order valence-electron chi connectivity index (χ4n) is 4.10. The Morgan fingerprint density at radius 3 is 2.19 bits per heavy atom. The smallest absolute Gasteiger partial charge is 0.326 e. The molecule has 42 heavy (non-hydrogen) atoms. The molecule has 4 N–H and O–H groups in total. The van der Waals surface area contributed by atoms with Crippen molar-refractivity contribution in [2.45, 2.75) is 12.5 Å². The van der Waals surface area contributed by atoms with E-state index in [1.807, 2.05) is 53.4 Å². The number of anilines is 3. The Labute approximate surface area is 244 Å². The van der Waals surface area contributed by atoms with E-state index >= 15 is 0 Å². The van der Waals surface area contributed by atoms with Gasteiger partial charge in [-0.05, 0) is 17.7 Å². The summed E-state index contributed by atoms with van der Waals surface area (Å²) in [7, 11) is 0. The van der Waals surface area contributed by atoms with E-state index in [1.54, 1.807) is 12.1 Å². The number of amides is 1. The third-order valence-electron chi connectivity index (χ3n) is 6.27. The number of hydrogen-bond acceptors (Lipinski definition) is 11. The number of carboxylic acid groups (broad SMARTS) is 1. The molecule has 0 bridgehead atoms. The molecular formula is C29H37N7O6. The van der Waals surface area contributed by atoms with Crippen LogP contribution in [0.4, 0.5) is 17.8 Å². The first kappa shape index (κ1) is 30.6. The molecular weight excluding hydrogens is 542 g/mol. The normalized spacial score (nSPS) is 13.8. The summed E-state index contributed by atoms with van der Waals surface area (Å²) in [5.74, 6) is -0.214. The van der Waals surface area contributed by atoms with Crippen molar-refractivity contribution < 1.29 is 28.9 Å². The van der Waals surface area contributed by atoms with Crippen molar-refractivity contribution in [3.63, 3.8) is 0 Å². The molecule has 0 unspecified atom stereocenters. The number of aromatic nitrogens is 3. The van der Waals surface area contributed by atoms with E-state index in [1.165, 1.54) is 0 Å². The number of benzene rings is 2. The molecule has 3 aromatic rings. The lowest BCUT2D eigenvalue weighted by atomic mass is 10.1. The second kappa shape index (κ2) is 16.8. The number of carbonyl (C=O) groups is 2. The van der Waals surface area contributed by atoms with Crippen molar-refractivity contribution in [1.29, 1.82) is 0 Å². The molecule has 4 rings (SSSR count). The highest BCUT2D eigenvalue weighted by Gasteiger charge is 2.22. The summed E-state index contributed by atoms with van der Waals surface area (Å²) >= 11 is 0. The van der Waals surface area contributed by atoms with Crippen LogP contribution in [0.25, 0.3) is 0 Å². The lowest BCUT2D eigenvalue weighted by Gasteiger charge is -2.27. The molecule has 1 aliphatic rings. The molecule has 0 aliphatic carbocycles. The van der Waals surface area contributed by atoms with Gasteiger partial charge in [0, 0.05) is 38.2 Å². The SMILES string of the molecule is O=C(NCCOCCOCCNc1nc(N[C@@H](Cc2ccccc2)C(=O)O)nc(N2CCOCC2)n1)c1ccccc1. The van der Waals surface area contributed by atoms with Gasteiger partial charge in [0.15, 0.2) is 0 Å². The number of carboxylic acids is 1. The third kappa shape index (κ3) is 10.3. The van der Waals surface area contributed by atoms with Crippen LogP contribution in [0.15, 0.2) is 60.7 Å². The van der Waals surface area contributed by atoms with Crippen LogP contribution in [0.5, 0.6) is 0 Å². The summed E-state index contributed by atoms with van der Waals surface area (Å²) in [6.07, 6.45) is 0.271. The van der Waals surface area contributed by atoms with Crippen LogP contribution in [0.2, 0.25) is 0 Å². The Bertz CT molecular complexity index is 1250. The molecule has 1 aliphatic heterocycles. The van der Waals surface area contributed by atoms with Gasteiger partial charge in [0.2, 0.25) is 17.8 Å². The lowest BCUT2D eigenvalue weighted by molar-refractivity contribution is -0.137. The fraction of sp³-hybridized carbons (Fsp3) is 0.414. The van der Waals surface area contributed by atoms with Gasteiger partial charge < -0.3 is 40.2 Å². The van der Waals surface area contributed by atoms with Gasteiger partial charge in [0.1, 0.15) is 6.04 Å². The van der Waals surface area contributed by atoms with Crippen LogP contribution >= 0.6 is 0 Å². The molecule has 0 radical (unpaired) electrons. The van der Waals surface area contributed by atoms with Crippen LogP contribution in [0.3, 0.4) is 0 Å². The summed E-state index contributed by atoms with van der Waals surface area (Å²) in [4.78, 5) is 39.4. The first-order chi connectivity index (χ1) is 20.6. The molecule has 2 heterocycles. The van der Waals surface area contributed by atoms with E-state index < -0.39 is 12.0 Å². The Balaban J connectivity index is 1.22. The molecule has 13 heteroatoms. The van der Waals surface area contributed by atoms with Crippen molar-refractivity contribution in [2.24, 2.45) is 0 Å². The number of rotatable bonds is 17. The molecule has 2 aromatic carbocycles. The number of nitrogens with zero attached hydrogens (tertiary/aromatic N) is 4. The summed E-state index contributed by atoms with van der Waals surface area (Å²) in [6, 6.07) is 17.5. The maximum absolute atomic E-state index is 12.0. The quantitative estimate of drug-likeness (QED) is 0.172. The van der Waals surface area contributed by atoms with E-state index in [0.717, 1.165) is 5.56 Å². The van der Waals surface area contributed by atoms with Crippen molar-refractivity contribution in [2.75, 3.05) is 81.4 Å². The fourth-order valence-corrected chi connectivity index (χ4v) is 4.10. The minimum Gasteiger partial charge on any atom is -0.480 e. The Hall–Kier alpha value is -4.33. The standard InChI is InChI=1S/C29H37N7O6/c37-25(23-9-5-2-6-10-23)30-11-15-40-19-20-41-16-12-31-27-33-28(35-29(34-27)36-13-17-42-18-14-36)32-24(26(38)39)21-22-7-3-1-4-8-22/h1-10,24H,11-21H2,(H,30,37)(H,38,39)(H2,31,32,33,34,35)/t24-/m0/s1. The number of hydrogen-bond donors (Lipinski definition) is 4. The van der Waals surface area contributed by atoms with Crippen molar-refractivity contribution in [3.05, 3.63) is 71.8 Å². The molecule has 224 valence electrons. The summed E-state index contributed by atoms with van der Waals surface area (Å²) in [5.41, 5.74) is 1.50. The Morgan fingerprint density at radius 2 is 1.50 bits per heavy atom. The summed E-state index contributed by atoms with van der Waals surface area (Å²) in [6.45, 7) is 4.71. The second-order valence-corrected chi connectivity index (χ2v) is 9.38. The van der Waals surface area contributed by atoms with Gasteiger partial charge >= 0.3 is 5.97 Å². The maximum Gasteiger partial charge on any atom is 0.326 e. The predicted molar refractivity (Wildman–Crippen MR) is 157 cm³/mol. The average Bonchev–Trinajstić information content (AvgIpc) is 3.02. The molecule has 1 aromatic heterocycles. The van der Waals surface area contributed by atoms with E-state index in [-0.39, 0.29) is 18.3 Å². The van der Waals surface area contributed by atoms with Gasteiger partial charge in [-0.1, -0.05) is 48.5 Å². The molecule has 1 fully saturated rings. The van der Waals surface area contributed by atoms with Gasteiger partial charge in [0.25, 0.3) is 5.91 Å². The van der Waals surface area contributed by atoms with Crippen LogP contribution in [-0.4, -0.2) is 104 Å². The number of morpholine rings is 1. The Morgan fingerprint density at radius 1 is 0.857 bits per heavy atom. The highest BCUT2D eigenvalue weighted by Crippen LogP contribution is 2.17. The van der Waals surface area contributed by atoms with Crippen molar-refractivity contribution >= 4 is 29.7 Å². The zero-order valence-electron chi connectivity index (χ0n) is 23.4. The van der Waals surface area contributed by atoms with Crippen LogP contribution < -0.4 is 20.9 Å². The van der Waals surface area contributed by atoms with E-state index in [0.29, 0.717) is 83.3 Å². The van der Waals surface area contributed by atoms with Crippen LogP contribution in [0.1, 0.15) is 15.9 Å². The van der Waals surface area contributed by atoms with E-state index in [9.17, 15) is 14.7 Å². The minimum absolute atomic E-state index is 0.135. The average molecular weight is 580 g/mol. The van der Waals surface area contributed by atoms with Gasteiger partial charge in [-0.25, -0.2) is 4.79 Å². The molecule has 1 atom stereocenters. The van der Waals surface area contributed by atoms with E-state index in [2.05, 4.69) is 30.9 Å². The minimum atomic E-state index is -1.00. The Kier molecular flexibility index (Phi) is 12.3. The molecule has 1 saturated heterocycles. The van der Waals surface area contributed by atoms with Gasteiger partial charge in [-0.2, -0.15) is 15.0 Å². The monoisotopic (exact) mass is 579 g/mol. The zero-order valence-corrected chi connectivity index (χ0v) is 23.4.